The molecule has 4 N–H and O–H groups in total. The van der Waals surface area contributed by atoms with Crippen molar-refractivity contribution in [3.63, 3.8) is 0 Å². The summed E-state index contributed by atoms with van der Waals surface area (Å²) in [6.45, 7) is 3.50. The lowest BCUT2D eigenvalue weighted by molar-refractivity contribution is -0.123. The third-order valence-electron chi connectivity index (χ3n) is 1.20. The van der Waals surface area contributed by atoms with Crippen molar-refractivity contribution >= 4 is 5.91 Å². The molecule has 0 rings (SSSR count). The van der Waals surface area contributed by atoms with Gasteiger partial charge in [-0.3, -0.25) is 4.79 Å². The first-order valence-electron chi connectivity index (χ1n) is 3.31. The van der Waals surface area contributed by atoms with Gasteiger partial charge in [-0.15, -0.1) is 0 Å². The molecule has 2 atom stereocenters. The van der Waals surface area contributed by atoms with Gasteiger partial charge < -0.3 is 16.4 Å². The lowest BCUT2D eigenvalue weighted by atomic mass is 10.3. The Morgan fingerprint density at radius 2 is 2.00 bits per heavy atom. The number of nitrogens with two attached hydrogens (primary N) is 1. The molecular weight excluding hydrogens is 130 g/mol. The number of amides is 1. The average Bonchev–Trinajstić information content (AvgIpc) is 1.85. The zero-order valence-corrected chi connectivity index (χ0v) is 6.64. The number of hydrogen-bond acceptors (Lipinski definition) is 3. The fourth-order valence-corrected chi connectivity index (χ4v) is 0.480. The standard InChI is InChI=1S/C6H15N3O/c1-4(8-3)6(10)9-5(2)7/h4-5,8H,7H2,1-3H3,(H,9,10)/t4-,5?/m0/s1. The molecule has 0 saturated heterocycles. The van der Waals surface area contributed by atoms with Crippen LogP contribution in [0.3, 0.4) is 0 Å². The van der Waals surface area contributed by atoms with Crippen molar-refractivity contribution in [3.05, 3.63) is 0 Å². The highest BCUT2D eigenvalue weighted by atomic mass is 16.2. The molecule has 0 aliphatic heterocycles. The summed E-state index contributed by atoms with van der Waals surface area (Å²) in [4.78, 5) is 10.9. The largest absolute Gasteiger partial charge is 0.340 e. The fraction of sp³-hybridized carbons (Fsp3) is 0.833. The van der Waals surface area contributed by atoms with Gasteiger partial charge in [0.15, 0.2) is 0 Å². The van der Waals surface area contributed by atoms with Crippen LogP contribution in [0.1, 0.15) is 13.8 Å². The third kappa shape index (κ3) is 3.42. The minimum absolute atomic E-state index is 0.0718. The number of carbonyl (C=O) groups is 1. The Hall–Kier alpha value is -0.610. The van der Waals surface area contributed by atoms with E-state index in [1.807, 2.05) is 0 Å². The van der Waals surface area contributed by atoms with E-state index in [0.717, 1.165) is 0 Å². The van der Waals surface area contributed by atoms with Gasteiger partial charge in [0.2, 0.25) is 5.91 Å². The summed E-state index contributed by atoms with van der Waals surface area (Å²) in [5.41, 5.74) is 5.33. The van der Waals surface area contributed by atoms with E-state index in [-0.39, 0.29) is 18.1 Å². The average molecular weight is 145 g/mol. The van der Waals surface area contributed by atoms with Crippen molar-refractivity contribution in [2.45, 2.75) is 26.1 Å². The molecule has 0 aromatic heterocycles. The maximum Gasteiger partial charge on any atom is 0.238 e. The predicted molar refractivity (Wildman–Crippen MR) is 40.3 cm³/mol. The zero-order valence-electron chi connectivity index (χ0n) is 6.64. The normalized spacial score (nSPS) is 16.0. The molecule has 0 saturated carbocycles. The molecule has 0 aromatic rings. The summed E-state index contributed by atoms with van der Waals surface area (Å²) in [6, 6.07) is -0.175. The monoisotopic (exact) mass is 145 g/mol. The lowest BCUT2D eigenvalue weighted by Gasteiger charge is -2.12. The molecule has 0 aliphatic rings. The molecule has 60 valence electrons. The van der Waals surface area contributed by atoms with E-state index in [2.05, 4.69) is 10.6 Å². The summed E-state index contributed by atoms with van der Waals surface area (Å²) in [6.07, 6.45) is -0.275. The number of likely N-dealkylation sites (N-methyl/N-ethyl adjacent to an activating group) is 1. The fourth-order valence-electron chi connectivity index (χ4n) is 0.480. The van der Waals surface area contributed by atoms with Crippen molar-refractivity contribution in [1.82, 2.24) is 10.6 Å². The second-order valence-electron chi connectivity index (χ2n) is 2.31. The van der Waals surface area contributed by atoms with Crippen LogP contribution in [-0.4, -0.2) is 25.2 Å². The van der Waals surface area contributed by atoms with Gasteiger partial charge >= 0.3 is 0 Å². The molecule has 0 radical (unpaired) electrons. The van der Waals surface area contributed by atoms with E-state index < -0.39 is 0 Å². The second-order valence-corrected chi connectivity index (χ2v) is 2.31. The highest BCUT2D eigenvalue weighted by molar-refractivity contribution is 5.81. The highest BCUT2D eigenvalue weighted by Gasteiger charge is 2.09. The van der Waals surface area contributed by atoms with Crippen molar-refractivity contribution in [2.24, 2.45) is 5.73 Å². The van der Waals surface area contributed by atoms with E-state index in [1.165, 1.54) is 0 Å². The zero-order chi connectivity index (χ0) is 8.15. The van der Waals surface area contributed by atoms with Gasteiger partial charge in [-0.25, -0.2) is 0 Å². The minimum Gasteiger partial charge on any atom is -0.340 e. The molecule has 10 heavy (non-hydrogen) atoms. The molecule has 0 aromatic carbocycles. The third-order valence-corrected chi connectivity index (χ3v) is 1.20. The van der Waals surface area contributed by atoms with Gasteiger partial charge in [-0.2, -0.15) is 0 Å². The van der Waals surface area contributed by atoms with Crippen LogP contribution in [0.4, 0.5) is 0 Å². The van der Waals surface area contributed by atoms with E-state index in [1.54, 1.807) is 20.9 Å². The van der Waals surface area contributed by atoms with Crippen LogP contribution in [-0.2, 0) is 4.79 Å². The van der Waals surface area contributed by atoms with E-state index in [0.29, 0.717) is 0 Å². The Morgan fingerprint density at radius 1 is 1.50 bits per heavy atom. The predicted octanol–water partition coefficient (Wildman–Crippen LogP) is -0.985. The number of nitrogens with one attached hydrogen (secondary N) is 2. The molecule has 0 heterocycles. The number of hydrogen-bond donors (Lipinski definition) is 3. The molecule has 0 spiro atoms. The SMILES string of the molecule is CN[C@@H](C)C(=O)NC(C)N. The van der Waals surface area contributed by atoms with E-state index in [9.17, 15) is 4.79 Å². The first-order chi connectivity index (χ1) is 4.57. The van der Waals surface area contributed by atoms with Crippen LogP contribution in [0.25, 0.3) is 0 Å². The maximum atomic E-state index is 10.9. The van der Waals surface area contributed by atoms with Crippen molar-refractivity contribution in [2.75, 3.05) is 7.05 Å². The molecule has 1 unspecified atom stereocenters. The minimum atomic E-state index is -0.275. The first-order valence-corrected chi connectivity index (χ1v) is 3.31. The Balaban J connectivity index is 3.62. The second kappa shape index (κ2) is 4.24. The Bertz CT molecular complexity index is 114. The van der Waals surface area contributed by atoms with Crippen LogP contribution >= 0.6 is 0 Å². The van der Waals surface area contributed by atoms with Gasteiger partial charge in [0, 0.05) is 0 Å². The van der Waals surface area contributed by atoms with Gasteiger partial charge in [0.05, 0.1) is 12.2 Å². The molecule has 4 nitrogen and oxygen atoms in total. The van der Waals surface area contributed by atoms with Crippen LogP contribution in [0.15, 0.2) is 0 Å². The Labute approximate surface area is 61.2 Å². The molecule has 0 fully saturated rings. The highest BCUT2D eigenvalue weighted by Crippen LogP contribution is 1.79. The Kier molecular flexibility index (Phi) is 3.99. The van der Waals surface area contributed by atoms with Crippen LogP contribution < -0.4 is 16.4 Å². The summed E-state index contributed by atoms with van der Waals surface area (Å²) in [5, 5.41) is 5.37. The van der Waals surface area contributed by atoms with Crippen LogP contribution in [0.5, 0.6) is 0 Å². The smallest absolute Gasteiger partial charge is 0.238 e. The quantitative estimate of drug-likeness (QED) is 0.447. The van der Waals surface area contributed by atoms with Gasteiger partial charge in [0.1, 0.15) is 0 Å². The Morgan fingerprint density at radius 3 is 2.30 bits per heavy atom. The molecule has 1 amide bonds. The van der Waals surface area contributed by atoms with E-state index in [4.69, 9.17) is 5.73 Å². The summed E-state index contributed by atoms with van der Waals surface area (Å²) in [5.74, 6) is -0.0718. The van der Waals surface area contributed by atoms with Gasteiger partial charge in [0.25, 0.3) is 0 Å². The van der Waals surface area contributed by atoms with Gasteiger partial charge in [-0.1, -0.05) is 0 Å². The summed E-state index contributed by atoms with van der Waals surface area (Å²) in [7, 11) is 1.73. The molecule has 0 bridgehead atoms. The van der Waals surface area contributed by atoms with Crippen molar-refractivity contribution < 1.29 is 4.79 Å². The topological polar surface area (TPSA) is 67.2 Å². The van der Waals surface area contributed by atoms with Crippen molar-refractivity contribution in [1.29, 1.82) is 0 Å². The maximum absolute atomic E-state index is 10.9. The lowest BCUT2D eigenvalue weighted by Crippen LogP contribution is -2.47. The molecular formula is C6H15N3O. The first kappa shape index (κ1) is 9.39. The van der Waals surface area contributed by atoms with Crippen LogP contribution in [0.2, 0.25) is 0 Å². The van der Waals surface area contributed by atoms with E-state index >= 15 is 0 Å². The molecule has 4 heteroatoms. The van der Waals surface area contributed by atoms with Crippen molar-refractivity contribution in [3.8, 4) is 0 Å². The van der Waals surface area contributed by atoms with Gasteiger partial charge in [-0.05, 0) is 20.9 Å². The van der Waals surface area contributed by atoms with Crippen LogP contribution in [0, 0.1) is 0 Å². The number of rotatable bonds is 3. The number of carbonyl (C=O) groups excluding carboxylic acids is 1. The summed E-state index contributed by atoms with van der Waals surface area (Å²) < 4.78 is 0. The molecule has 0 aliphatic carbocycles. The summed E-state index contributed by atoms with van der Waals surface area (Å²) >= 11 is 0.